The van der Waals surface area contributed by atoms with Crippen LogP contribution in [-0.2, 0) is 9.53 Å². The van der Waals surface area contributed by atoms with Crippen LogP contribution in [0.5, 0.6) is 5.75 Å². The molecule has 1 aliphatic rings. The Morgan fingerprint density at radius 2 is 2.05 bits per heavy atom. The fourth-order valence-corrected chi connectivity index (χ4v) is 2.65. The second-order valence-corrected chi connectivity index (χ2v) is 6.74. The van der Waals surface area contributed by atoms with E-state index >= 15 is 0 Å². The molecule has 1 N–H and O–H groups in total. The van der Waals surface area contributed by atoms with Crippen LogP contribution in [0.3, 0.4) is 0 Å². The van der Waals surface area contributed by atoms with E-state index in [1.54, 1.807) is 23.1 Å². The van der Waals surface area contributed by atoms with E-state index in [1.807, 2.05) is 27.7 Å². The summed E-state index contributed by atoms with van der Waals surface area (Å²) in [4.78, 5) is 26.0. The number of benzene rings is 1. The molecule has 0 spiro atoms. The molecule has 0 radical (unpaired) electrons. The van der Waals surface area contributed by atoms with Gasteiger partial charge in [-0.05, 0) is 51.0 Å². The van der Waals surface area contributed by atoms with Crippen LogP contribution in [0.4, 0.5) is 4.79 Å². The van der Waals surface area contributed by atoms with Crippen LogP contribution < -0.4 is 0 Å². The number of nitrogens with zero attached hydrogens (tertiary/aromatic N) is 1. The lowest BCUT2D eigenvalue weighted by molar-refractivity contribution is -0.123. The van der Waals surface area contributed by atoms with Gasteiger partial charge in [-0.25, -0.2) is 4.79 Å². The van der Waals surface area contributed by atoms with Crippen molar-refractivity contribution in [2.45, 2.75) is 45.6 Å². The first kappa shape index (κ1) is 16.3. The third kappa shape index (κ3) is 3.78. The van der Waals surface area contributed by atoms with Gasteiger partial charge in [0.15, 0.2) is 0 Å². The van der Waals surface area contributed by atoms with E-state index in [0.717, 1.165) is 11.1 Å². The molecular weight excluding hydrogens is 282 g/mol. The summed E-state index contributed by atoms with van der Waals surface area (Å²) in [6.45, 7) is 8.03. The SMILES string of the molecule is Cc1cc(O)ccc1C1CN(C(=O)OC(C)(C)C)CCC1=O. The van der Waals surface area contributed by atoms with Crippen molar-refractivity contribution in [1.82, 2.24) is 4.90 Å². The van der Waals surface area contributed by atoms with Gasteiger partial charge in [0.05, 0.1) is 5.92 Å². The molecule has 1 unspecified atom stereocenters. The zero-order valence-corrected chi connectivity index (χ0v) is 13.5. The molecule has 1 fully saturated rings. The van der Waals surface area contributed by atoms with Crippen LogP contribution >= 0.6 is 0 Å². The number of phenols is 1. The van der Waals surface area contributed by atoms with Gasteiger partial charge in [-0.3, -0.25) is 4.79 Å². The first-order chi connectivity index (χ1) is 10.2. The smallest absolute Gasteiger partial charge is 0.410 e. The summed E-state index contributed by atoms with van der Waals surface area (Å²) in [6.07, 6.45) is -0.0639. The van der Waals surface area contributed by atoms with E-state index in [9.17, 15) is 14.7 Å². The number of carbonyl (C=O) groups is 2. The van der Waals surface area contributed by atoms with Crippen LogP contribution in [0.25, 0.3) is 0 Å². The van der Waals surface area contributed by atoms with Gasteiger partial charge >= 0.3 is 6.09 Å². The zero-order chi connectivity index (χ0) is 16.5. The molecule has 1 atom stereocenters. The lowest BCUT2D eigenvalue weighted by atomic mass is 9.87. The predicted molar refractivity (Wildman–Crippen MR) is 83.0 cm³/mol. The largest absolute Gasteiger partial charge is 0.508 e. The van der Waals surface area contributed by atoms with Crippen molar-refractivity contribution in [3.05, 3.63) is 29.3 Å². The zero-order valence-electron chi connectivity index (χ0n) is 13.5. The molecule has 0 bridgehead atoms. The standard InChI is InChI=1S/C17H23NO4/c1-11-9-12(19)5-6-13(11)14-10-18(8-7-15(14)20)16(21)22-17(2,3)4/h5-6,9,14,19H,7-8,10H2,1-4H3. The maximum Gasteiger partial charge on any atom is 0.410 e. The second kappa shape index (κ2) is 5.99. The summed E-state index contributed by atoms with van der Waals surface area (Å²) in [7, 11) is 0. The number of carbonyl (C=O) groups excluding carboxylic acids is 2. The van der Waals surface area contributed by atoms with E-state index in [4.69, 9.17) is 4.74 Å². The average Bonchev–Trinajstić information content (AvgIpc) is 2.38. The maximum atomic E-state index is 12.2. The number of piperidine rings is 1. The van der Waals surface area contributed by atoms with Crippen LogP contribution in [0.1, 0.15) is 44.2 Å². The first-order valence-electron chi connectivity index (χ1n) is 7.47. The molecule has 1 saturated heterocycles. The highest BCUT2D eigenvalue weighted by Gasteiger charge is 2.33. The van der Waals surface area contributed by atoms with Crippen LogP contribution in [0.15, 0.2) is 18.2 Å². The molecule has 0 aliphatic carbocycles. The van der Waals surface area contributed by atoms with Gasteiger partial charge in [-0.1, -0.05) is 6.07 Å². The molecule has 0 aromatic heterocycles. The molecule has 120 valence electrons. The molecular formula is C17H23NO4. The Labute approximate surface area is 130 Å². The van der Waals surface area contributed by atoms with Crippen molar-refractivity contribution < 1.29 is 19.4 Å². The topological polar surface area (TPSA) is 66.8 Å². The number of hydrogen-bond donors (Lipinski definition) is 1. The second-order valence-electron chi connectivity index (χ2n) is 6.74. The molecule has 5 nitrogen and oxygen atoms in total. The maximum absolute atomic E-state index is 12.2. The van der Waals surface area contributed by atoms with E-state index < -0.39 is 5.60 Å². The Morgan fingerprint density at radius 1 is 1.36 bits per heavy atom. The molecule has 0 saturated carbocycles. The Balaban J connectivity index is 2.18. The third-order valence-electron chi connectivity index (χ3n) is 3.70. The van der Waals surface area contributed by atoms with Crippen molar-refractivity contribution in [3.8, 4) is 5.75 Å². The number of phenolic OH excluding ortho intramolecular Hbond substituents is 1. The normalized spacial score (nSPS) is 19.2. The highest BCUT2D eigenvalue weighted by Crippen LogP contribution is 2.29. The highest BCUT2D eigenvalue weighted by atomic mass is 16.6. The number of aromatic hydroxyl groups is 1. The summed E-state index contributed by atoms with van der Waals surface area (Å²) < 4.78 is 5.38. The molecule has 5 heteroatoms. The van der Waals surface area contributed by atoms with Gasteiger partial charge < -0.3 is 14.7 Å². The molecule has 1 amide bonds. The van der Waals surface area contributed by atoms with E-state index in [1.165, 1.54) is 0 Å². The Kier molecular flexibility index (Phi) is 4.44. The van der Waals surface area contributed by atoms with Gasteiger partial charge in [0.2, 0.25) is 0 Å². The average molecular weight is 305 g/mol. The monoisotopic (exact) mass is 305 g/mol. The van der Waals surface area contributed by atoms with Crippen LogP contribution in [0.2, 0.25) is 0 Å². The molecule has 22 heavy (non-hydrogen) atoms. The Hall–Kier alpha value is -2.04. The van der Waals surface area contributed by atoms with Crippen molar-refractivity contribution in [2.75, 3.05) is 13.1 Å². The van der Waals surface area contributed by atoms with Crippen LogP contribution in [-0.4, -0.2) is 40.6 Å². The third-order valence-corrected chi connectivity index (χ3v) is 3.70. The van der Waals surface area contributed by atoms with Gasteiger partial charge in [-0.2, -0.15) is 0 Å². The Bertz CT molecular complexity index is 589. The molecule has 1 aromatic carbocycles. The predicted octanol–water partition coefficient (Wildman–Crippen LogP) is 2.99. The van der Waals surface area contributed by atoms with E-state index in [-0.39, 0.29) is 23.5 Å². The summed E-state index contributed by atoms with van der Waals surface area (Å²) in [5, 5.41) is 9.50. The summed E-state index contributed by atoms with van der Waals surface area (Å²) in [5.41, 5.74) is 1.16. The number of amides is 1. The lowest BCUT2D eigenvalue weighted by Gasteiger charge is -2.34. The van der Waals surface area contributed by atoms with Crippen LogP contribution in [0, 0.1) is 6.92 Å². The van der Waals surface area contributed by atoms with Crippen molar-refractivity contribution in [3.63, 3.8) is 0 Å². The number of hydrogen-bond acceptors (Lipinski definition) is 4. The Morgan fingerprint density at radius 3 is 2.64 bits per heavy atom. The molecule has 1 aliphatic heterocycles. The van der Waals surface area contributed by atoms with Gasteiger partial charge in [0.25, 0.3) is 0 Å². The fourth-order valence-electron chi connectivity index (χ4n) is 2.65. The molecule has 1 heterocycles. The minimum Gasteiger partial charge on any atom is -0.508 e. The van der Waals surface area contributed by atoms with Gasteiger partial charge in [0, 0.05) is 19.5 Å². The van der Waals surface area contributed by atoms with Crippen molar-refractivity contribution in [2.24, 2.45) is 0 Å². The fraction of sp³-hybridized carbons (Fsp3) is 0.529. The summed E-state index contributed by atoms with van der Waals surface area (Å²) in [5.74, 6) is -0.0658. The summed E-state index contributed by atoms with van der Waals surface area (Å²) in [6, 6.07) is 4.96. The lowest BCUT2D eigenvalue weighted by Crippen LogP contribution is -2.45. The van der Waals surface area contributed by atoms with Crippen molar-refractivity contribution in [1.29, 1.82) is 0 Å². The quantitative estimate of drug-likeness (QED) is 0.866. The van der Waals surface area contributed by atoms with E-state index in [0.29, 0.717) is 19.5 Å². The number of likely N-dealkylation sites (tertiary alicyclic amines) is 1. The minimum absolute atomic E-state index is 0.119. The van der Waals surface area contributed by atoms with Gasteiger partial charge in [0.1, 0.15) is 17.1 Å². The first-order valence-corrected chi connectivity index (χ1v) is 7.47. The highest BCUT2D eigenvalue weighted by molar-refractivity contribution is 5.88. The number of Topliss-reactive ketones (excluding diaryl/α,β-unsaturated/α-hetero) is 1. The number of rotatable bonds is 1. The van der Waals surface area contributed by atoms with Crippen molar-refractivity contribution >= 4 is 11.9 Å². The number of aryl methyl sites for hydroxylation is 1. The molecule has 1 aromatic rings. The number of ether oxygens (including phenoxy) is 1. The van der Waals surface area contributed by atoms with Gasteiger partial charge in [-0.15, -0.1) is 0 Å². The molecule has 2 rings (SSSR count). The summed E-state index contributed by atoms with van der Waals surface area (Å²) >= 11 is 0. The van der Waals surface area contributed by atoms with E-state index in [2.05, 4.69) is 0 Å². The number of ketones is 1. The minimum atomic E-state index is -0.553.